The average molecular weight is 463 g/mol. The van der Waals surface area contributed by atoms with Crippen LogP contribution in [0.2, 0.25) is 5.02 Å². The van der Waals surface area contributed by atoms with E-state index in [0.717, 1.165) is 16.9 Å². The van der Waals surface area contributed by atoms with Crippen molar-refractivity contribution in [2.24, 2.45) is 0 Å². The highest BCUT2D eigenvalue weighted by atomic mass is 35.5. The van der Waals surface area contributed by atoms with Crippen molar-refractivity contribution in [2.75, 3.05) is 13.2 Å². The van der Waals surface area contributed by atoms with Crippen molar-refractivity contribution in [1.82, 2.24) is 14.1 Å². The average Bonchev–Trinajstić information content (AvgIpc) is 3.31. The number of fused-ring (bicyclic) bond motifs is 1. The maximum Gasteiger partial charge on any atom is 0.340 e. The molecule has 0 unspecified atom stereocenters. The number of aromatic nitrogens is 3. The van der Waals surface area contributed by atoms with E-state index in [9.17, 15) is 10.1 Å². The number of carbonyl (C=O) groups excluding carboxylic acids is 1. The maximum atomic E-state index is 12.6. The SMILES string of the molecule is CCOC(=O)c1cccc2nc(OCC)n(Cc3ccc(-n4c(C#N)cc(Cl)c4C)cc3)c12. The van der Waals surface area contributed by atoms with Gasteiger partial charge in [0, 0.05) is 11.4 Å². The Kier molecular flexibility index (Phi) is 6.38. The van der Waals surface area contributed by atoms with Crippen LogP contribution in [0.5, 0.6) is 6.01 Å². The fourth-order valence-electron chi connectivity index (χ4n) is 3.85. The van der Waals surface area contributed by atoms with Crippen LogP contribution in [0.1, 0.15) is 41.2 Å². The Morgan fingerprint density at radius 3 is 2.58 bits per heavy atom. The molecule has 0 saturated carbocycles. The molecule has 2 aromatic carbocycles. The lowest BCUT2D eigenvalue weighted by atomic mass is 10.1. The first-order chi connectivity index (χ1) is 16.0. The maximum absolute atomic E-state index is 12.6. The van der Waals surface area contributed by atoms with Gasteiger partial charge in [-0.2, -0.15) is 10.2 Å². The Morgan fingerprint density at radius 2 is 1.91 bits per heavy atom. The second-order valence-electron chi connectivity index (χ2n) is 7.38. The first kappa shape index (κ1) is 22.4. The van der Waals surface area contributed by atoms with Crippen molar-refractivity contribution >= 4 is 28.6 Å². The van der Waals surface area contributed by atoms with E-state index in [4.69, 9.17) is 21.1 Å². The molecule has 2 heterocycles. The molecule has 4 aromatic rings. The van der Waals surface area contributed by atoms with Gasteiger partial charge >= 0.3 is 5.97 Å². The number of hydrogen-bond donors (Lipinski definition) is 0. The number of hydrogen-bond acceptors (Lipinski definition) is 5. The highest BCUT2D eigenvalue weighted by Crippen LogP contribution is 2.28. The van der Waals surface area contributed by atoms with E-state index >= 15 is 0 Å². The van der Waals surface area contributed by atoms with Gasteiger partial charge in [-0.1, -0.05) is 29.8 Å². The van der Waals surface area contributed by atoms with E-state index in [-0.39, 0.29) is 6.61 Å². The molecule has 4 rings (SSSR count). The molecule has 8 heteroatoms. The molecule has 33 heavy (non-hydrogen) atoms. The third kappa shape index (κ3) is 4.18. The number of esters is 1. The minimum atomic E-state index is -0.397. The number of carbonyl (C=O) groups is 1. The van der Waals surface area contributed by atoms with Crippen LogP contribution < -0.4 is 4.74 Å². The molecule has 0 aliphatic heterocycles. The predicted molar refractivity (Wildman–Crippen MR) is 126 cm³/mol. The van der Waals surface area contributed by atoms with E-state index in [1.54, 1.807) is 25.1 Å². The quantitative estimate of drug-likeness (QED) is 0.349. The van der Waals surface area contributed by atoms with Crippen molar-refractivity contribution in [2.45, 2.75) is 27.3 Å². The number of ether oxygens (including phenoxy) is 2. The molecular weight excluding hydrogens is 440 g/mol. The Labute approximate surface area is 196 Å². The molecule has 0 N–H and O–H groups in total. The van der Waals surface area contributed by atoms with Crippen LogP contribution in [0.25, 0.3) is 16.7 Å². The van der Waals surface area contributed by atoms with Gasteiger partial charge in [0.15, 0.2) is 0 Å². The molecule has 0 saturated heterocycles. The van der Waals surface area contributed by atoms with Crippen molar-refractivity contribution in [3.8, 4) is 17.8 Å². The number of benzene rings is 2. The number of rotatable bonds is 7. The molecule has 0 aliphatic rings. The molecule has 0 spiro atoms. The normalized spacial score (nSPS) is 10.9. The zero-order valence-electron chi connectivity index (χ0n) is 18.6. The molecule has 168 valence electrons. The van der Waals surface area contributed by atoms with Gasteiger partial charge in [-0.3, -0.25) is 4.57 Å². The summed E-state index contributed by atoms with van der Waals surface area (Å²) in [5.74, 6) is -0.397. The van der Waals surface area contributed by atoms with Gasteiger partial charge in [0.05, 0.1) is 41.4 Å². The second kappa shape index (κ2) is 9.39. The summed E-state index contributed by atoms with van der Waals surface area (Å²) >= 11 is 6.22. The Morgan fingerprint density at radius 1 is 1.15 bits per heavy atom. The number of para-hydroxylation sites is 1. The Hall–Kier alpha value is -3.76. The summed E-state index contributed by atoms with van der Waals surface area (Å²) in [6.07, 6.45) is 0. The van der Waals surface area contributed by atoms with Crippen LogP contribution >= 0.6 is 11.6 Å². The summed E-state index contributed by atoms with van der Waals surface area (Å²) in [5, 5.41) is 9.99. The van der Waals surface area contributed by atoms with E-state index in [2.05, 4.69) is 11.1 Å². The topological polar surface area (TPSA) is 82.1 Å². The number of nitriles is 1. The highest BCUT2D eigenvalue weighted by Gasteiger charge is 2.20. The number of nitrogens with zero attached hydrogens (tertiary/aromatic N) is 4. The molecule has 7 nitrogen and oxygen atoms in total. The van der Waals surface area contributed by atoms with Crippen LogP contribution in [-0.4, -0.2) is 33.3 Å². The minimum Gasteiger partial charge on any atom is -0.465 e. The lowest BCUT2D eigenvalue weighted by Crippen LogP contribution is -2.10. The lowest BCUT2D eigenvalue weighted by Gasteiger charge is -2.13. The standard InChI is InChI=1S/C25H23ClN4O3/c1-4-32-24(31)20-7-6-8-22-23(20)29(25(28-22)33-5-2)15-17-9-11-18(12-10-17)30-16(3)21(26)13-19(30)14-27/h6-13H,4-5,15H2,1-3H3. The van der Waals surface area contributed by atoms with Gasteiger partial charge < -0.3 is 14.0 Å². The van der Waals surface area contributed by atoms with Crippen LogP contribution in [0.3, 0.4) is 0 Å². The van der Waals surface area contributed by atoms with E-state index in [1.165, 1.54) is 0 Å². The molecule has 0 aliphatic carbocycles. The van der Waals surface area contributed by atoms with Crippen molar-refractivity contribution < 1.29 is 14.3 Å². The highest BCUT2D eigenvalue weighted by molar-refractivity contribution is 6.31. The van der Waals surface area contributed by atoms with Gasteiger partial charge in [0.25, 0.3) is 6.01 Å². The second-order valence-corrected chi connectivity index (χ2v) is 7.79. The first-order valence-electron chi connectivity index (χ1n) is 10.6. The first-order valence-corrected chi connectivity index (χ1v) is 11.0. The number of halogens is 1. The van der Waals surface area contributed by atoms with Crippen LogP contribution in [0, 0.1) is 18.3 Å². The summed E-state index contributed by atoms with van der Waals surface area (Å²) in [7, 11) is 0. The molecular formula is C25H23ClN4O3. The summed E-state index contributed by atoms with van der Waals surface area (Å²) in [6, 6.07) is 17.5. The molecule has 0 radical (unpaired) electrons. The summed E-state index contributed by atoms with van der Waals surface area (Å²) in [5.41, 5.74) is 4.88. The van der Waals surface area contributed by atoms with Gasteiger partial charge in [-0.25, -0.2) is 4.79 Å². The summed E-state index contributed by atoms with van der Waals surface area (Å²) < 4.78 is 14.7. The zero-order valence-corrected chi connectivity index (χ0v) is 19.4. The molecule has 0 bridgehead atoms. The summed E-state index contributed by atoms with van der Waals surface area (Å²) in [4.78, 5) is 17.2. The third-order valence-electron chi connectivity index (χ3n) is 5.34. The smallest absolute Gasteiger partial charge is 0.340 e. The molecule has 0 amide bonds. The van der Waals surface area contributed by atoms with Crippen LogP contribution in [-0.2, 0) is 11.3 Å². The largest absolute Gasteiger partial charge is 0.465 e. The zero-order chi connectivity index (χ0) is 23.5. The van der Waals surface area contributed by atoms with Gasteiger partial charge in [-0.05, 0) is 56.7 Å². The fourth-order valence-corrected chi connectivity index (χ4v) is 4.04. The van der Waals surface area contributed by atoms with Crippen molar-refractivity contribution in [3.05, 3.63) is 76.1 Å². The van der Waals surface area contributed by atoms with Crippen molar-refractivity contribution in [1.29, 1.82) is 5.26 Å². The van der Waals surface area contributed by atoms with Gasteiger partial charge in [-0.15, -0.1) is 0 Å². The fraction of sp³-hybridized carbons (Fsp3) is 0.240. The van der Waals surface area contributed by atoms with E-state index in [0.29, 0.717) is 46.5 Å². The number of imidazole rings is 1. The molecule has 0 fully saturated rings. The van der Waals surface area contributed by atoms with E-state index < -0.39 is 5.97 Å². The third-order valence-corrected chi connectivity index (χ3v) is 5.72. The molecule has 0 atom stereocenters. The Bertz CT molecular complexity index is 1360. The van der Waals surface area contributed by atoms with Crippen molar-refractivity contribution in [3.63, 3.8) is 0 Å². The Balaban J connectivity index is 1.75. The van der Waals surface area contributed by atoms with Crippen LogP contribution in [0.4, 0.5) is 0 Å². The van der Waals surface area contributed by atoms with E-state index in [1.807, 2.05) is 53.3 Å². The van der Waals surface area contributed by atoms with Crippen LogP contribution in [0.15, 0.2) is 48.5 Å². The van der Waals surface area contributed by atoms with Gasteiger partial charge in [0.1, 0.15) is 11.8 Å². The molecule has 2 aromatic heterocycles. The predicted octanol–water partition coefficient (Wildman–Crippen LogP) is 5.28. The van der Waals surface area contributed by atoms with Gasteiger partial charge in [0.2, 0.25) is 0 Å². The summed E-state index contributed by atoms with van der Waals surface area (Å²) in [6.45, 7) is 6.72. The minimum absolute atomic E-state index is 0.288. The monoisotopic (exact) mass is 462 g/mol. The lowest BCUT2D eigenvalue weighted by molar-refractivity contribution is 0.0528.